The van der Waals surface area contributed by atoms with Crippen molar-refractivity contribution in [2.24, 2.45) is 4.99 Å². The number of piperidine rings is 1. The minimum Gasteiger partial charge on any atom is -0.489 e. The largest absolute Gasteiger partial charge is 0.489 e. The molecule has 0 spiro atoms. The normalized spacial score (nSPS) is 17.4. The number of likely N-dealkylation sites (tertiary alicyclic amines) is 1. The fraction of sp³-hybridized carbons (Fsp3) is 0.611. The third-order valence-electron chi connectivity index (χ3n) is 4.08. The number of halogens is 1. The summed E-state index contributed by atoms with van der Waals surface area (Å²) < 4.78 is 18.8. The molecule has 0 aromatic heterocycles. The number of benzene rings is 1. The Labute approximate surface area is 144 Å². The summed E-state index contributed by atoms with van der Waals surface area (Å²) in [6.45, 7) is 6.85. The standard InChI is InChI=1S/C18H29FN4O/c1-15(24-17-8-6-7-16(19)13-17)14-22-18(20-2)21-9-12-23-10-4-3-5-11-23/h6-8,13,15H,3-5,9-12,14H2,1-2H3,(H2,20,21,22). The van der Waals surface area contributed by atoms with Gasteiger partial charge in [-0.25, -0.2) is 4.39 Å². The number of hydrogen-bond acceptors (Lipinski definition) is 3. The number of hydrogen-bond donors (Lipinski definition) is 2. The van der Waals surface area contributed by atoms with Gasteiger partial charge in [-0.2, -0.15) is 0 Å². The van der Waals surface area contributed by atoms with Gasteiger partial charge in [0.2, 0.25) is 0 Å². The van der Waals surface area contributed by atoms with E-state index < -0.39 is 0 Å². The predicted molar refractivity (Wildman–Crippen MR) is 96.1 cm³/mol. The highest BCUT2D eigenvalue weighted by molar-refractivity contribution is 5.79. The van der Waals surface area contributed by atoms with Gasteiger partial charge in [0.1, 0.15) is 17.7 Å². The second-order valence-corrected chi connectivity index (χ2v) is 6.17. The lowest BCUT2D eigenvalue weighted by atomic mass is 10.1. The molecule has 2 N–H and O–H groups in total. The molecule has 0 amide bonds. The van der Waals surface area contributed by atoms with E-state index in [1.165, 1.54) is 44.5 Å². The molecule has 1 aliphatic heterocycles. The van der Waals surface area contributed by atoms with Gasteiger partial charge < -0.3 is 20.3 Å². The Morgan fingerprint density at radius 3 is 2.79 bits per heavy atom. The molecule has 6 heteroatoms. The van der Waals surface area contributed by atoms with Crippen molar-refractivity contribution >= 4 is 5.96 Å². The average molecular weight is 336 g/mol. The Balaban J connectivity index is 1.65. The maximum Gasteiger partial charge on any atom is 0.191 e. The maximum absolute atomic E-state index is 13.2. The molecule has 5 nitrogen and oxygen atoms in total. The van der Waals surface area contributed by atoms with Crippen molar-refractivity contribution in [2.45, 2.75) is 32.3 Å². The lowest BCUT2D eigenvalue weighted by molar-refractivity contribution is 0.222. The van der Waals surface area contributed by atoms with Crippen LogP contribution in [0.25, 0.3) is 0 Å². The Kier molecular flexibility index (Phi) is 7.82. The predicted octanol–water partition coefficient (Wildman–Crippen LogP) is 2.24. The first kappa shape index (κ1) is 18.5. The highest BCUT2D eigenvalue weighted by Gasteiger charge is 2.10. The molecule has 2 rings (SSSR count). The maximum atomic E-state index is 13.2. The SMILES string of the molecule is CN=C(NCCN1CCCCC1)NCC(C)Oc1cccc(F)c1. The zero-order valence-corrected chi connectivity index (χ0v) is 14.7. The van der Waals surface area contributed by atoms with Crippen LogP contribution >= 0.6 is 0 Å². The number of rotatable bonds is 7. The van der Waals surface area contributed by atoms with E-state index >= 15 is 0 Å². The second-order valence-electron chi connectivity index (χ2n) is 6.17. The van der Waals surface area contributed by atoms with Crippen LogP contribution in [-0.2, 0) is 0 Å². The van der Waals surface area contributed by atoms with Gasteiger partial charge in [-0.3, -0.25) is 4.99 Å². The number of nitrogens with one attached hydrogen (secondary N) is 2. The Morgan fingerprint density at radius 1 is 1.29 bits per heavy atom. The van der Waals surface area contributed by atoms with E-state index in [9.17, 15) is 4.39 Å². The molecule has 1 aromatic rings. The average Bonchev–Trinajstić information content (AvgIpc) is 2.59. The molecule has 134 valence electrons. The first-order valence-electron chi connectivity index (χ1n) is 8.76. The Hall–Kier alpha value is -1.82. The van der Waals surface area contributed by atoms with Crippen LogP contribution in [0.4, 0.5) is 4.39 Å². The Bertz CT molecular complexity index is 517. The van der Waals surface area contributed by atoms with Crippen LogP contribution < -0.4 is 15.4 Å². The molecule has 1 unspecified atom stereocenters. The van der Waals surface area contributed by atoms with Crippen LogP contribution in [0.3, 0.4) is 0 Å². The molecular formula is C18H29FN4O. The van der Waals surface area contributed by atoms with Crippen molar-refractivity contribution in [1.82, 2.24) is 15.5 Å². The van der Waals surface area contributed by atoms with Crippen LogP contribution in [0.15, 0.2) is 29.3 Å². The van der Waals surface area contributed by atoms with Crippen LogP contribution in [0.1, 0.15) is 26.2 Å². The molecule has 1 fully saturated rings. The summed E-state index contributed by atoms with van der Waals surface area (Å²) in [5.74, 6) is 1.02. The fourth-order valence-electron chi connectivity index (χ4n) is 2.79. The first-order valence-corrected chi connectivity index (χ1v) is 8.76. The molecule has 0 radical (unpaired) electrons. The third kappa shape index (κ3) is 6.74. The van der Waals surface area contributed by atoms with Gasteiger partial charge >= 0.3 is 0 Å². The second kappa shape index (κ2) is 10.1. The summed E-state index contributed by atoms with van der Waals surface area (Å²) in [4.78, 5) is 6.71. The minimum atomic E-state index is -0.289. The number of ether oxygens (including phenoxy) is 1. The quantitative estimate of drug-likeness (QED) is 0.592. The van der Waals surface area contributed by atoms with E-state index in [1.807, 2.05) is 6.92 Å². The van der Waals surface area contributed by atoms with Crippen molar-refractivity contribution in [3.63, 3.8) is 0 Å². The molecule has 1 aliphatic rings. The van der Waals surface area contributed by atoms with E-state index in [4.69, 9.17) is 4.74 Å². The summed E-state index contributed by atoms with van der Waals surface area (Å²) in [6, 6.07) is 6.20. The first-order chi connectivity index (χ1) is 11.7. The topological polar surface area (TPSA) is 48.9 Å². The molecule has 1 atom stereocenters. The van der Waals surface area contributed by atoms with Crippen LogP contribution in [0.2, 0.25) is 0 Å². The van der Waals surface area contributed by atoms with E-state index in [2.05, 4.69) is 20.5 Å². The van der Waals surface area contributed by atoms with E-state index in [0.717, 1.165) is 19.0 Å². The monoisotopic (exact) mass is 336 g/mol. The van der Waals surface area contributed by atoms with Gasteiger partial charge in [0.15, 0.2) is 5.96 Å². The van der Waals surface area contributed by atoms with Gasteiger partial charge in [-0.05, 0) is 45.0 Å². The van der Waals surface area contributed by atoms with Gasteiger partial charge in [0.25, 0.3) is 0 Å². The van der Waals surface area contributed by atoms with Crippen LogP contribution in [0, 0.1) is 5.82 Å². The highest BCUT2D eigenvalue weighted by Crippen LogP contribution is 2.13. The van der Waals surface area contributed by atoms with E-state index in [1.54, 1.807) is 19.2 Å². The Morgan fingerprint density at radius 2 is 2.08 bits per heavy atom. The van der Waals surface area contributed by atoms with Crippen molar-refractivity contribution in [2.75, 3.05) is 39.8 Å². The van der Waals surface area contributed by atoms with Crippen LogP contribution in [-0.4, -0.2) is 56.7 Å². The molecule has 0 saturated carbocycles. The molecule has 1 heterocycles. The number of aliphatic imine (C=N–C) groups is 1. The molecule has 1 aromatic carbocycles. The zero-order valence-electron chi connectivity index (χ0n) is 14.7. The number of guanidine groups is 1. The van der Waals surface area contributed by atoms with Gasteiger partial charge in [-0.15, -0.1) is 0 Å². The molecule has 0 bridgehead atoms. The molecule has 1 saturated heterocycles. The summed E-state index contributed by atoms with van der Waals surface area (Å²) in [5, 5.41) is 6.57. The van der Waals surface area contributed by atoms with E-state index in [0.29, 0.717) is 12.3 Å². The minimum absolute atomic E-state index is 0.0903. The zero-order chi connectivity index (χ0) is 17.2. The summed E-state index contributed by atoms with van der Waals surface area (Å²) >= 11 is 0. The summed E-state index contributed by atoms with van der Waals surface area (Å²) in [6.07, 6.45) is 3.88. The molecular weight excluding hydrogens is 307 g/mol. The van der Waals surface area contributed by atoms with Gasteiger partial charge in [0, 0.05) is 26.2 Å². The van der Waals surface area contributed by atoms with Crippen LogP contribution in [0.5, 0.6) is 5.75 Å². The van der Waals surface area contributed by atoms with Crippen molar-refractivity contribution in [3.8, 4) is 5.75 Å². The smallest absolute Gasteiger partial charge is 0.191 e. The van der Waals surface area contributed by atoms with Gasteiger partial charge in [-0.1, -0.05) is 12.5 Å². The third-order valence-corrected chi connectivity index (χ3v) is 4.08. The summed E-state index contributed by atoms with van der Waals surface area (Å²) in [7, 11) is 1.76. The number of nitrogens with zero attached hydrogens (tertiary/aromatic N) is 2. The lowest BCUT2D eigenvalue weighted by Gasteiger charge is -2.26. The summed E-state index contributed by atoms with van der Waals surface area (Å²) in [5.41, 5.74) is 0. The lowest BCUT2D eigenvalue weighted by Crippen LogP contribution is -2.45. The highest BCUT2D eigenvalue weighted by atomic mass is 19.1. The molecule has 0 aliphatic carbocycles. The van der Waals surface area contributed by atoms with Crippen molar-refractivity contribution < 1.29 is 9.13 Å². The van der Waals surface area contributed by atoms with Gasteiger partial charge in [0.05, 0.1) is 6.54 Å². The van der Waals surface area contributed by atoms with Crippen molar-refractivity contribution in [3.05, 3.63) is 30.1 Å². The van der Waals surface area contributed by atoms with Crippen molar-refractivity contribution in [1.29, 1.82) is 0 Å². The fourth-order valence-corrected chi connectivity index (χ4v) is 2.79. The molecule has 24 heavy (non-hydrogen) atoms. The van der Waals surface area contributed by atoms with E-state index in [-0.39, 0.29) is 11.9 Å².